The van der Waals surface area contributed by atoms with Crippen LogP contribution in [-0.4, -0.2) is 15.3 Å². The molecule has 1 aromatic carbocycles. The number of aromatic nitrogens is 3. The van der Waals surface area contributed by atoms with Crippen molar-refractivity contribution in [1.29, 1.82) is 5.26 Å². The second-order valence-electron chi connectivity index (χ2n) is 7.36. The lowest BCUT2D eigenvalue weighted by Crippen LogP contribution is -2.38. The van der Waals surface area contributed by atoms with Gasteiger partial charge in [-0.15, -0.1) is 0 Å². The molecule has 0 saturated heterocycles. The lowest BCUT2D eigenvalue weighted by molar-refractivity contribution is -0.605. The minimum atomic E-state index is -0.722. The Kier molecular flexibility index (Phi) is 5.65. The molecule has 0 fully saturated rings. The van der Waals surface area contributed by atoms with Gasteiger partial charge in [-0.25, -0.2) is 4.79 Å². The molecule has 0 atom stereocenters. The Morgan fingerprint density at radius 2 is 1.90 bits per heavy atom. The van der Waals surface area contributed by atoms with Crippen LogP contribution in [0.5, 0.6) is 0 Å². The van der Waals surface area contributed by atoms with E-state index in [1.54, 1.807) is 32.9 Å². The fraction of sp³-hybridized carbons (Fsp3) is 0.227. The van der Waals surface area contributed by atoms with E-state index in [9.17, 15) is 24.9 Å². The molecule has 2 heterocycles. The van der Waals surface area contributed by atoms with Crippen molar-refractivity contribution < 1.29 is 9.52 Å². The van der Waals surface area contributed by atoms with Gasteiger partial charge in [-0.1, -0.05) is 13.8 Å². The predicted octanol–water partition coefficient (Wildman–Crippen LogP) is 1.75. The minimum absolute atomic E-state index is 0.00578. The van der Waals surface area contributed by atoms with E-state index in [1.165, 1.54) is 35.2 Å². The molecule has 0 saturated carbocycles. The summed E-state index contributed by atoms with van der Waals surface area (Å²) in [6.45, 7) is 5.27. The Morgan fingerprint density at radius 3 is 2.50 bits per heavy atom. The van der Waals surface area contributed by atoms with E-state index in [1.807, 2.05) is 6.07 Å². The summed E-state index contributed by atoms with van der Waals surface area (Å²) in [7, 11) is 0. The summed E-state index contributed by atoms with van der Waals surface area (Å²) in [4.78, 5) is 41.0. The molecule has 2 aromatic heterocycles. The van der Waals surface area contributed by atoms with Crippen molar-refractivity contribution >= 4 is 5.78 Å². The molecule has 1 N–H and O–H groups in total. The Bertz CT molecular complexity index is 1280. The molecule has 0 radical (unpaired) electrons. The first kappa shape index (κ1) is 20.7. The van der Waals surface area contributed by atoms with Crippen LogP contribution in [0.15, 0.2) is 52.3 Å². The summed E-state index contributed by atoms with van der Waals surface area (Å²) in [6, 6.07) is 9.79. The number of carbonyl (C=O) groups is 1. The fourth-order valence-corrected chi connectivity index (χ4v) is 3.36. The summed E-state index contributed by atoms with van der Waals surface area (Å²) in [5.41, 5.74) is 0.686. The van der Waals surface area contributed by atoms with Gasteiger partial charge in [0.1, 0.15) is 5.69 Å². The molecule has 0 unspecified atom stereocenters. The Labute approximate surface area is 172 Å². The van der Waals surface area contributed by atoms with E-state index in [0.29, 0.717) is 21.4 Å². The molecule has 3 aromatic rings. The third-order valence-corrected chi connectivity index (χ3v) is 4.71. The lowest BCUT2D eigenvalue weighted by atomic mass is 9.95. The molecule has 30 heavy (non-hydrogen) atoms. The largest absolute Gasteiger partial charge is 0.619 e. The zero-order valence-corrected chi connectivity index (χ0v) is 16.8. The van der Waals surface area contributed by atoms with E-state index in [-0.39, 0.29) is 29.3 Å². The number of rotatable bonds is 5. The van der Waals surface area contributed by atoms with Gasteiger partial charge in [-0.3, -0.25) is 19.1 Å². The molecule has 0 amide bonds. The zero-order chi connectivity index (χ0) is 22.0. The van der Waals surface area contributed by atoms with Crippen LogP contribution in [0.2, 0.25) is 0 Å². The first-order chi connectivity index (χ1) is 14.2. The number of hydrogen-bond acceptors (Lipinski definition) is 5. The molecule has 0 aliphatic rings. The predicted molar refractivity (Wildman–Crippen MR) is 109 cm³/mol. The normalized spacial score (nSPS) is 10.8. The van der Waals surface area contributed by atoms with Gasteiger partial charge in [-0.05, 0) is 42.2 Å². The quantitative estimate of drug-likeness (QED) is 0.394. The summed E-state index contributed by atoms with van der Waals surface area (Å²) in [5.74, 6) is -0.851. The van der Waals surface area contributed by atoms with Crippen LogP contribution in [0.1, 0.15) is 58.1 Å². The highest BCUT2D eigenvalue weighted by Crippen LogP contribution is 2.20. The van der Waals surface area contributed by atoms with Crippen LogP contribution in [0.25, 0.3) is 0 Å². The van der Waals surface area contributed by atoms with Gasteiger partial charge in [0, 0.05) is 23.3 Å². The van der Waals surface area contributed by atoms with Gasteiger partial charge in [0.05, 0.1) is 18.2 Å². The average molecular weight is 404 g/mol. The number of H-pyrrole nitrogens is 1. The van der Waals surface area contributed by atoms with E-state index >= 15 is 0 Å². The number of benzene rings is 1. The van der Waals surface area contributed by atoms with Crippen LogP contribution in [-0.2, 0) is 6.54 Å². The third kappa shape index (κ3) is 4.05. The zero-order valence-electron chi connectivity index (χ0n) is 16.8. The van der Waals surface area contributed by atoms with Gasteiger partial charge in [0.25, 0.3) is 5.56 Å². The molecule has 0 spiro atoms. The van der Waals surface area contributed by atoms with Crippen molar-refractivity contribution in [1.82, 2.24) is 9.55 Å². The van der Waals surface area contributed by atoms with Gasteiger partial charge in [0.15, 0.2) is 12.4 Å². The number of nitrogens with zero attached hydrogens (tertiary/aromatic N) is 3. The molecule has 8 nitrogen and oxygen atoms in total. The van der Waals surface area contributed by atoms with Gasteiger partial charge in [-0.2, -0.15) is 9.99 Å². The second kappa shape index (κ2) is 8.17. The van der Waals surface area contributed by atoms with E-state index in [4.69, 9.17) is 0 Å². The minimum Gasteiger partial charge on any atom is -0.619 e. The first-order valence-corrected chi connectivity index (χ1v) is 9.32. The number of ketones is 1. The van der Waals surface area contributed by atoms with Crippen LogP contribution in [0, 0.1) is 23.5 Å². The number of aryl methyl sites for hydroxylation is 1. The highest BCUT2D eigenvalue weighted by Gasteiger charge is 2.25. The number of nitriles is 1. The van der Waals surface area contributed by atoms with Gasteiger partial charge < -0.3 is 5.21 Å². The van der Waals surface area contributed by atoms with Gasteiger partial charge >= 0.3 is 5.69 Å². The van der Waals surface area contributed by atoms with Gasteiger partial charge in [0.2, 0.25) is 5.78 Å². The first-order valence-electron chi connectivity index (χ1n) is 9.32. The standard InChI is InChI=1S/C22H20N4O4/c1-13(2)18-19(20(27)17-9-14(3)8-16(10-17)11-23)26(22(29)24-21(18)28)12-15-4-6-25(30)7-5-15/h4-10,13H,12H2,1-3H3,(H,24,28,29). The molecular formula is C22H20N4O4. The Hall–Kier alpha value is -3.99. The number of pyridine rings is 1. The molecule has 0 aliphatic heterocycles. The van der Waals surface area contributed by atoms with E-state index in [2.05, 4.69) is 4.98 Å². The Balaban J connectivity index is 2.27. The number of hydrogen-bond donors (Lipinski definition) is 1. The van der Waals surface area contributed by atoms with Crippen LogP contribution in [0.4, 0.5) is 0 Å². The summed E-state index contributed by atoms with van der Waals surface area (Å²) in [5, 5.41) is 20.5. The van der Waals surface area contributed by atoms with Crippen molar-refractivity contribution in [2.24, 2.45) is 0 Å². The summed E-state index contributed by atoms with van der Waals surface area (Å²) in [6.07, 6.45) is 2.58. The maximum absolute atomic E-state index is 13.5. The van der Waals surface area contributed by atoms with Crippen molar-refractivity contribution in [2.45, 2.75) is 33.2 Å². The maximum Gasteiger partial charge on any atom is 0.329 e. The SMILES string of the molecule is Cc1cc(C#N)cc(C(=O)c2c(C(C)C)c(=O)[nH]c(=O)n2Cc2cc[n+]([O-])cc2)c1. The van der Waals surface area contributed by atoms with Crippen molar-refractivity contribution in [2.75, 3.05) is 0 Å². The molecular weight excluding hydrogens is 384 g/mol. The van der Waals surface area contributed by atoms with Crippen molar-refractivity contribution in [3.8, 4) is 6.07 Å². The van der Waals surface area contributed by atoms with E-state index < -0.39 is 17.0 Å². The highest BCUT2D eigenvalue weighted by molar-refractivity contribution is 6.09. The molecule has 152 valence electrons. The highest BCUT2D eigenvalue weighted by atomic mass is 16.5. The summed E-state index contributed by atoms with van der Waals surface area (Å²) >= 11 is 0. The molecule has 0 bridgehead atoms. The average Bonchev–Trinajstić information content (AvgIpc) is 2.69. The Morgan fingerprint density at radius 1 is 1.23 bits per heavy atom. The van der Waals surface area contributed by atoms with Crippen LogP contribution in [0.3, 0.4) is 0 Å². The topological polar surface area (TPSA) is 123 Å². The smallest absolute Gasteiger partial charge is 0.329 e. The number of aromatic amines is 1. The number of carbonyl (C=O) groups excluding carboxylic acids is 1. The van der Waals surface area contributed by atoms with Crippen molar-refractivity contribution in [3.63, 3.8) is 0 Å². The fourth-order valence-electron chi connectivity index (χ4n) is 3.36. The molecule has 8 heteroatoms. The third-order valence-electron chi connectivity index (χ3n) is 4.71. The van der Waals surface area contributed by atoms with Crippen molar-refractivity contribution in [3.05, 3.63) is 102 Å². The monoisotopic (exact) mass is 404 g/mol. The number of nitrogens with one attached hydrogen (secondary N) is 1. The van der Waals surface area contributed by atoms with Crippen LogP contribution < -0.4 is 16.0 Å². The van der Waals surface area contributed by atoms with E-state index in [0.717, 1.165) is 0 Å². The van der Waals surface area contributed by atoms with Crippen LogP contribution >= 0.6 is 0 Å². The maximum atomic E-state index is 13.5. The lowest BCUT2D eigenvalue weighted by Gasteiger charge is -2.17. The molecule has 0 aliphatic carbocycles. The summed E-state index contributed by atoms with van der Waals surface area (Å²) < 4.78 is 1.82. The molecule has 3 rings (SSSR count). The second-order valence-corrected chi connectivity index (χ2v) is 7.36.